The van der Waals surface area contributed by atoms with E-state index in [1.165, 1.54) is 0 Å². The lowest BCUT2D eigenvalue weighted by Gasteiger charge is -2.27. The molecule has 0 aliphatic carbocycles. The number of ether oxygens (including phenoxy) is 3. The summed E-state index contributed by atoms with van der Waals surface area (Å²) in [7, 11) is 3.17. The number of nitrogens with zero attached hydrogens (tertiary/aromatic N) is 2. The Balaban J connectivity index is 2.31. The van der Waals surface area contributed by atoms with Gasteiger partial charge in [0.05, 0.1) is 32.6 Å². The first-order chi connectivity index (χ1) is 10.2. The van der Waals surface area contributed by atoms with Crippen LogP contribution in [-0.4, -0.2) is 43.4 Å². The summed E-state index contributed by atoms with van der Waals surface area (Å²) in [5, 5.41) is 3.52. The minimum atomic E-state index is -0.0178. The quantitative estimate of drug-likeness (QED) is 0.829. The van der Waals surface area contributed by atoms with Gasteiger partial charge in [0.25, 0.3) is 0 Å². The van der Waals surface area contributed by atoms with Crippen molar-refractivity contribution in [2.75, 3.05) is 27.4 Å². The molecular formula is C15H25N3O3. The molecule has 1 aliphatic rings. The molecule has 3 atom stereocenters. The fraction of sp³-hybridized carbons (Fsp3) is 0.733. The van der Waals surface area contributed by atoms with Crippen LogP contribution in [-0.2, 0) is 4.74 Å². The van der Waals surface area contributed by atoms with Gasteiger partial charge in [-0.1, -0.05) is 13.8 Å². The van der Waals surface area contributed by atoms with Gasteiger partial charge < -0.3 is 19.5 Å². The Labute approximate surface area is 126 Å². The van der Waals surface area contributed by atoms with E-state index in [-0.39, 0.29) is 12.1 Å². The third-order valence-electron chi connectivity index (χ3n) is 3.83. The molecule has 1 saturated heterocycles. The molecule has 1 aromatic heterocycles. The van der Waals surface area contributed by atoms with Gasteiger partial charge in [0.1, 0.15) is 5.69 Å². The maximum absolute atomic E-state index is 5.92. The normalized spacial score (nSPS) is 23.0. The van der Waals surface area contributed by atoms with E-state index in [1.54, 1.807) is 20.4 Å². The zero-order valence-corrected chi connectivity index (χ0v) is 13.3. The van der Waals surface area contributed by atoms with Crippen LogP contribution in [0.15, 0.2) is 6.20 Å². The minimum Gasteiger partial charge on any atom is -0.480 e. The third kappa shape index (κ3) is 3.63. The molecule has 2 heterocycles. The Kier molecular flexibility index (Phi) is 5.76. The lowest BCUT2D eigenvalue weighted by molar-refractivity contribution is 0.0582. The summed E-state index contributed by atoms with van der Waals surface area (Å²) < 4.78 is 16.4. The van der Waals surface area contributed by atoms with Crippen molar-refractivity contribution in [2.45, 2.75) is 38.8 Å². The van der Waals surface area contributed by atoms with Gasteiger partial charge in [-0.2, -0.15) is 4.98 Å². The molecule has 1 fully saturated rings. The average Bonchev–Trinajstić information content (AvgIpc) is 2.94. The van der Waals surface area contributed by atoms with Crippen molar-refractivity contribution >= 4 is 0 Å². The third-order valence-corrected chi connectivity index (χ3v) is 3.83. The van der Waals surface area contributed by atoms with Gasteiger partial charge in [-0.15, -0.1) is 0 Å². The second-order valence-corrected chi connectivity index (χ2v) is 5.34. The molecule has 0 saturated carbocycles. The number of hydrogen-bond acceptors (Lipinski definition) is 6. The van der Waals surface area contributed by atoms with Crippen LogP contribution in [0, 0.1) is 5.92 Å². The second-order valence-electron chi connectivity index (χ2n) is 5.34. The first-order valence-corrected chi connectivity index (χ1v) is 7.51. The monoisotopic (exact) mass is 295 g/mol. The van der Waals surface area contributed by atoms with E-state index in [9.17, 15) is 0 Å². The van der Waals surface area contributed by atoms with Gasteiger partial charge in [-0.25, -0.2) is 4.98 Å². The summed E-state index contributed by atoms with van der Waals surface area (Å²) >= 11 is 0. The van der Waals surface area contributed by atoms with Gasteiger partial charge in [0.2, 0.25) is 11.8 Å². The van der Waals surface area contributed by atoms with E-state index in [1.807, 2.05) is 0 Å². The van der Waals surface area contributed by atoms with Crippen LogP contribution >= 0.6 is 0 Å². The second kappa shape index (κ2) is 7.56. The van der Waals surface area contributed by atoms with Crippen molar-refractivity contribution in [3.63, 3.8) is 0 Å². The molecule has 0 aromatic carbocycles. The number of hydrogen-bond donors (Lipinski definition) is 1. The van der Waals surface area contributed by atoms with E-state index in [4.69, 9.17) is 14.2 Å². The molecule has 6 heteroatoms. The standard InChI is InChI=1S/C15H25N3O3/c1-5-7-16-12(14-10(2)6-8-21-14)13-15(20-4)18-11(19-3)9-17-13/h9-10,12,14,16H,5-8H2,1-4H3. The van der Waals surface area contributed by atoms with Crippen molar-refractivity contribution in [1.82, 2.24) is 15.3 Å². The summed E-state index contributed by atoms with van der Waals surface area (Å²) in [5.41, 5.74) is 0.783. The molecule has 118 valence electrons. The first-order valence-electron chi connectivity index (χ1n) is 7.51. The zero-order valence-electron chi connectivity index (χ0n) is 13.3. The maximum Gasteiger partial charge on any atom is 0.240 e. The summed E-state index contributed by atoms with van der Waals surface area (Å²) in [6, 6.07) is -0.0178. The predicted molar refractivity (Wildman–Crippen MR) is 79.7 cm³/mol. The molecule has 1 N–H and O–H groups in total. The average molecular weight is 295 g/mol. The smallest absolute Gasteiger partial charge is 0.240 e. The molecule has 3 unspecified atom stereocenters. The fourth-order valence-corrected chi connectivity index (χ4v) is 2.64. The first kappa shape index (κ1) is 16.0. The number of rotatable bonds is 7. The van der Waals surface area contributed by atoms with Crippen LogP contribution in [0.1, 0.15) is 38.4 Å². The Hall–Kier alpha value is -1.40. The lowest BCUT2D eigenvalue weighted by Crippen LogP contribution is -2.36. The molecule has 0 radical (unpaired) electrons. The number of methoxy groups -OCH3 is 2. The van der Waals surface area contributed by atoms with Crippen LogP contribution < -0.4 is 14.8 Å². The highest BCUT2D eigenvalue weighted by molar-refractivity contribution is 5.27. The Morgan fingerprint density at radius 1 is 1.43 bits per heavy atom. The van der Waals surface area contributed by atoms with Gasteiger partial charge in [0.15, 0.2) is 0 Å². The van der Waals surface area contributed by atoms with Crippen LogP contribution in [0.2, 0.25) is 0 Å². The Bertz CT molecular complexity index is 456. The lowest BCUT2D eigenvalue weighted by atomic mass is 9.95. The van der Waals surface area contributed by atoms with E-state index < -0.39 is 0 Å². The van der Waals surface area contributed by atoms with Gasteiger partial charge in [0, 0.05) is 6.61 Å². The number of aromatic nitrogens is 2. The van der Waals surface area contributed by atoms with E-state index >= 15 is 0 Å². The number of nitrogens with one attached hydrogen (secondary N) is 1. The highest BCUT2D eigenvalue weighted by atomic mass is 16.5. The highest BCUT2D eigenvalue weighted by Crippen LogP contribution is 2.34. The molecule has 2 rings (SSSR count). The van der Waals surface area contributed by atoms with Crippen LogP contribution in [0.3, 0.4) is 0 Å². The van der Waals surface area contributed by atoms with E-state index in [0.29, 0.717) is 17.7 Å². The molecule has 0 bridgehead atoms. The fourth-order valence-electron chi connectivity index (χ4n) is 2.64. The summed E-state index contributed by atoms with van der Waals surface area (Å²) in [4.78, 5) is 8.83. The van der Waals surface area contributed by atoms with Gasteiger partial charge >= 0.3 is 0 Å². The topological polar surface area (TPSA) is 65.5 Å². The molecule has 1 aromatic rings. The summed E-state index contributed by atoms with van der Waals surface area (Å²) in [5.74, 6) is 1.42. The van der Waals surface area contributed by atoms with E-state index in [0.717, 1.165) is 31.7 Å². The Morgan fingerprint density at radius 2 is 2.24 bits per heavy atom. The SMILES string of the molecule is CCCNC(c1ncc(OC)nc1OC)C1OCCC1C. The largest absolute Gasteiger partial charge is 0.480 e. The zero-order chi connectivity index (χ0) is 15.2. The Morgan fingerprint density at radius 3 is 2.81 bits per heavy atom. The molecule has 1 aliphatic heterocycles. The van der Waals surface area contributed by atoms with Crippen molar-refractivity contribution in [1.29, 1.82) is 0 Å². The van der Waals surface area contributed by atoms with Crippen LogP contribution in [0.25, 0.3) is 0 Å². The van der Waals surface area contributed by atoms with E-state index in [2.05, 4.69) is 29.1 Å². The van der Waals surface area contributed by atoms with Gasteiger partial charge in [-0.3, -0.25) is 0 Å². The summed E-state index contributed by atoms with van der Waals surface area (Å²) in [6.07, 6.45) is 3.83. The van der Waals surface area contributed by atoms with Crippen LogP contribution in [0.5, 0.6) is 11.8 Å². The van der Waals surface area contributed by atoms with Crippen LogP contribution in [0.4, 0.5) is 0 Å². The minimum absolute atomic E-state index is 0.0178. The van der Waals surface area contributed by atoms with Crippen molar-refractivity contribution in [3.05, 3.63) is 11.9 Å². The molecule has 6 nitrogen and oxygen atoms in total. The predicted octanol–water partition coefficient (Wildman–Crippen LogP) is 1.96. The maximum atomic E-state index is 5.92. The molecule has 0 spiro atoms. The molecule has 21 heavy (non-hydrogen) atoms. The highest BCUT2D eigenvalue weighted by Gasteiger charge is 2.35. The van der Waals surface area contributed by atoms with Crippen molar-refractivity contribution in [3.8, 4) is 11.8 Å². The molecule has 0 amide bonds. The van der Waals surface area contributed by atoms with Crippen molar-refractivity contribution < 1.29 is 14.2 Å². The summed E-state index contributed by atoms with van der Waals surface area (Å²) in [6.45, 7) is 6.04. The van der Waals surface area contributed by atoms with Gasteiger partial charge in [-0.05, 0) is 25.3 Å². The van der Waals surface area contributed by atoms with Crippen molar-refractivity contribution in [2.24, 2.45) is 5.92 Å². The molecular weight excluding hydrogens is 270 g/mol.